The molecule has 6 rings (SSSR count). The topological polar surface area (TPSA) is 113 Å². The number of para-hydroxylation sites is 1. The van der Waals surface area contributed by atoms with Gasteiger partial charge >= 0.3 is 5.69 Å². The average molecular weight is 654 g/mol. The van der Waals surface area contributed by atoms with Crippen molar-refractivity contribution >= 4 is 80.2 Å². The number of nitro groups is 1. The minimum Gasteiger partial charge on any atom is -0.481 e. The lowest BCUT2D eigenvalue weighted by molar-refractivity contribution is -0.385. The largest absolute Gasteiger partial charge is 0.481 e. The van der Waals surface area contributed by atoms with Crippen LogP contribution in [-0.4, -0.2) is 20.8 Å². The molecule has 0 aliphatic carbocycles. The summed E-state index contributed by atoms with van der Waals surface area (Å²) in [6.07, 6.45) is 1.24. The van der Waals surface area contributed by atoms with Gasteiger partial charge in [-0.1, -0.05) is 64.6 Å². The second-order valence-electron chi connectivity index (χ2n) is 9.24. The number of nitro benzene ring substituents is 1. The van der Waals surface area contributed by atoms with Crippen LogP contribution in [0, 0.1) is 10.1 Å². The van der Waals surface area contributed by atoms with Gasteiger partial charge in [-0.15, -0.1) is 0 Å². The average Bonchev–Trinajstić information content (AvgIpc) is 3.40. The Morgan fingerprint density at radius 3 is 2.56 bits per heavy atom. The normalized spacial score (nSPS) is 11.5. The summed E-state index contributed by atoms with van der Waals surface area (Å²) < 4.78 is 12.9. The second kappa shape index (κ2) is 11.7. The summed E-state index contributed by atoms with van der Waals surface area (Å²) in [7, 11) is 0. The third-order valence-corrected chi connectivity index (χ3v) is 7.58. The summed E-state index contributed by atoms with van der Waals surface area (Å²) in [6, 6.07) is 21.0. The summed E-state index contributed by atoms with van der Waals surface area (Å²) in [5, 5.41) is 18.6. The predicted molar refractivity (Wildman–Crippen MR) is 168 cm³/mol. The Hall–Kier alpha value is -4.41. The quantitative estimate of drug-likeness (QED) is 0.0966. The fourth-order valence-corrected chi connectivity index (χ4v) is 5.13. The highest BCUT2D eigenvalue weighted by Gasteiger charge is 2.22. The van der Waals surface area contributed by atoms with Crippen LogP contribution in [0.3, 0.4) is 0 Å². The molecule has 0 saturated heterocycles. The van der Waals surface area contributed by atoms with Crippen molar-refractivity contribution in [3.05, 3.63) is 131 Å². The van der Waals surface area contributed by atoms with Gasteiger partial charge in [-0.2, -0.15) is 9.78 Å². The van der Waals surface area contributed by atoms with E-state index in [4.69, 9.17) is 55.6 Å². The maximum absolute atomic E-state index is 13.7. The molecular formula is C30H16Cl4N4O5. The van der Waals surface area contributed by atoms with Gasteiger partial charge in [0, 0.05) is 27.1 Å². The molecule has 0 aliphatic heterocycles. The van der Waals surface area contributed by atoms with Crippen LogP contribution in [0.15, 0.2) is 93.2 Å². The maximum Gasteiger partial charge on any atom is 0.313 e. The van der Waals surface area contributed by atoms with Crippen molar-refractivity contribution in [2.45, 2.75) is 6.61 Å². The van der Waals surface area contributed by atoms with Gasteiger partial charge in [0.15, 0.2) is 5.76 Å². The number of ether oxygens (including phenoxy) is 1. The van der Waals surface area contributed by atoms with Crippen molar-refractivity contribution in [1.29, 1.82) is 0 Å². The van der Waals surface area contributed by atoms with Crippen LogP contribution < -0.4 is 10.3 Å². The maximum atomic E-state index is 13.7. The Kier molecular flexibility index (Phi) is 7.81. The standard InChI is InChI=1S/C30H16Cl4N4O5/c31-19-6-8-26-17(10-19)12-27(43-26)29-36-24-4-2-1-3-21(24)30(39)37(29)35-14-18-11-20(32)13-25(38(40)41)28(18)42-15-16-5-7-22(33)23(34)9-16/h1-14H,15H2. The smallest absolute Gasteiger partial charge is 0.313 e. The fraction of sp³-hybridized carbons (Fsp3) is 0.0333. The van der Waals surface area contributed by atoms with Gasteiger partial charge in [0.05, 0.1) is 32.1 Å². The number of aromatic nitrogens is 2. The second-order valence-corrected chi connectivity index (χ2v) is 10.9. The first-order chi connectivity index (χ1) is 20.7. The molecule has 0 spiro atoms. The van der Waals surface area contributed by atoms with Crippen LogP contribution >= 0.6 is 46.4 Å². The predicted octanol–water partition coefficient (Wildman–Crippen LogP) is 8.79. The molecule has 6 aromatic rings. The monoisotopic (exact) mass is 652 g/mol. The van der Waals surface area contributed by atoms with E-state index in [1.807, 2.05) is 0 Å². The van der Waals surface area contributed by atoms with E-state index in [1.165, 1.54) is 12.3 Å². The van der Waals surface area contributed by atoms with Crippen LogP contribution in [0.4, 0.5) is 5.69 Å². The van der Waals surface area contributed by atoms with Gasteiger partial charge in [-0.05, 0) is 60.2 Å². The van der Waals surface area contributed by atoms with Crippen molar-refractivity contribution in [2.75, 3.05) is 0 Å². The van der Waals surface area contributed by atoms with Gasteiger partial charge < -0.3 is 9.15 Å². The molecule has 43 heavy (non-hydrogen) atoms. The molecule has 214 valence electrons. The zero-order chi connectivity index (χ0) is 30.2. The van der Waals surface area contributed by atoms with E-state index in [2.05, 4.69) is 10.1 Å². The molecular weight excluding hydrogens is 638 g/mol. The Morgan fingerprint density at radius 2 is 1.77 bits per heavy atom. The van der Waals surface area contributed by atoms with Gasteiger partial charge in [-0.25, -0.2) is 4.98 Å². The number of benzene rings is 4. The summed E-state index contributed by atoms with van der Waals surface area (Å²) in [6.45, 7) is -0.0789. The van der Waals surface area contributed by atoms with Gasteiger partial charge in [-0.3, -0.25) is 14.9 Å². The zero-order valence-corrected chi connectivity index (χ0v) is 24.7. The van der Waals surface area contributed by atoms with E-state index in [0.717, 1.165) is 10.7 Å². The number of nitrogens with zero attached hydrogens (tertiary/aromatic N) is 4. The number of rotatable bonds is 7. The van der Waals surface area contributed by atoms with Crippen LogP contribution in [0.5, 0.6) is 5.75 Å². The van der Waals surface area contributed by atoms with Crippen LogP contribution in [0.2, 0.25) is 20.1 Å². The Morgan fingerprint density at radius 1 is 0.953 bits per heavy atom. The Bertz CT molecular complexity index is 2160. The first-order valence-electron chi connectivity index (χ1n) is 12.5. The lowest BCUT2D eigenvalue weighted by Crippen LogP contribution is -2.20. The summed E-state index contributed by atoms with van der Waals surface area (Å²) in [4.78, 5) is 29.6. The molecule has 0 atom stereocenters. The number of halogens is 4. The van der Waals surface area contributed by atoms with Crippen molar-refractivity contribution in [3.63, 3.8) is 0 Å². The van der Waals surface area contributed by atoms with E-state index < -0.39 is 16.2 Å². The van der Waals surface area contributed by atoms with Gasteiger partial charge in [0.2, 0.25) is 11.6 Å². The highest BCUT2D eigenvalue weighted by molar-refractivity contribution is 6.42. The number of furan rings is 1. The number of hydrogen-bond acceptors (Lipinski definition) is 7. The lowest BCUT2D eigenvalue weighted by Gasteiger charge is -2.11. The lowest BCUT2D eigenvalue weighted by atomic mass is 10.2. The molecule has 0 amide bonds. The van der Waals surface area contributed by atoms with E-state index >= 15 is 0 Å². The van der Waals surface area contributed by atoms with Crippen LogP contribution in [0.25, 0.3) is 33.5 Å². The molecule has 2 aromatic heterocycles. The van der Waals surface area contributed by atoms with Gasteiger partial charge in [0.1, 0.15) is 12.2 Å². The molecule has 0 fully saturated rings. The summed E-state index contributed by atoms with van der Waals surface area (Å²) in [5.74, 6) is 0.235. The van der Waals surface area contributed by atoms with Crippen molar-refractivity contribution in [3.8, 4) is 17.3 Å². The molecule has 9 nitrogen and oxygen atoms in total. The van der Waals surface area contributed by atoms with Crippen LogP contribution in [0.1, 0.15) is 11.1 Å². The number of fused-ring (bicyclic) bond motifs is 2. The molecule has 0 aliphatic rings. The molecule has 0 bridgehead atoms. The first kappa shape index (κ1) is 28.7. The molecule has 0 unspecified atom stereocenters. The number of hydrogen-bond donors (Lipinski definition) is 0. The van der Waals surface area contributed by atoms with Crippen LogP contribution in [-0.2, 0) is 6.61 Å². The minimum absolute atomic E-state index is 0.0633. The SMILES string of the molecule is O=c1c2ccccc2nc(-c2cc3cc(Cl)ccc3o2)n1N=Cc1cc(Cl)cc([N+](=O)[O-])c1OCc1ccc(Cl)c(Cl)c1. The summed E-state index contributed by atoms with van der Waals surface area (Å²) in [5.41, 5.74) is 0.820. The Labute approximate surface area is 262 Å². The van der Waals surface area contributed by atoms with E-state index in [0.29, 0.717) is 42.5 Å². The van der Waals surface area contributed by atoms with Crippen molar-refractivity contribution < 1.29 is 14.1 Å². The highest BCUT2D eigenvalue weighted by Crippen LogP contribution is 2.35. The Balaban J connectivity index is 1.49. The molecule has 4 aromatic carbocycles. The van der Waals surface area contributed by atoms with Crippen molar-refractivity contribution in [2.24, 2.45) is 5.10 Å². The molecule has 0 N–H and O–H groups in total. The van der Waals surface area contributed by atoms with Gasteiger partial charge in [0.25, 0.3) is 5.56 Å². The van der Waals surface area contributed by atoms with Crippen molar-refractivity contribution in [1.82, 2.24) is 9.66 Å². The first-order valence-corrected chi connectivity index (χ1v) is 14.0. The molecule has 0 saturated carbocycles. The van der Waals surface area contributed by atoms with E-state index in [-0.39, 0.29) is 34.5 Å². The minimum atomic E-state index is -0.623. The third kappa shape index (κ3) is 5.80. The molecule has 0 radical (unpaired) electrons. The fourth-order valence-electron chi connectivity index (χ4n) is 4.41. The summed E-state index contributed by atoms with van der Waals surface area (Å²) >= 11 is 24.5. The van der Waals surface area contributed by atoms with E-state index in [9.17, 15) is 14.9 Å². The highest BCUT2D eigenvalue weighted by atomic mass is 35.5. The molecule has 2 heterocycles. The third-order valence-electron chi connectivity index (χ3n) is 6.39. The zero-order valence-electron chi connectivity index (χ0n) is 21.6. The molecule has 13 heteroatoms. The van der Waals surface area contributed by atoms with E-state index in [1.54, 1.807) is 66.7 Å².